The van der Waals surface area contributed by atoms with E-state index in [1.807, 2.05) is 0 Å². The molecule has 0 unspecified atom stereocenters. The molecule has 0 spiro atoms. The van der Waals surface area contributed by atoms with Crippen LogP contribution in [-0.4, -0.2) is 0 Å². The molecule has 0 heteroatoms. The van der Waals surface area contributed by atoms with Crippen LogP contribution in [-0.2, 0) is 24.7 Å². The third-order valence-corrected chi connectivity index (χ3v) is 12.0. The largest absolute Gasteiger partial charge is 0.0654 e. The molecule has 2 fully saturated rings. The van der Waals surface area contributed by atoms with Crippen molar-refractivity contribution in [1.82, 2.24) is 0 Å². The quantitative estimate of drug-likeness (QED) is 0.197. The summed E-state index contributed by atoms with van der Waals surface area (Å²) < 4.78 is 0. The molecule has 238 valence electrons. The van der Waals surface area contributed by atoms with E-state index in [0.29, 0.717) is 0 Å². The summed E-state index contributed by atoms with van der Waals surface area (Å²) in [5.74, 6) is 3.75. The van der Waals surface area contributed by atoms with Gasteiger partial charge in [0.15, 0.2) is 0 Å². The zero-order valence-corrected chi connectivity index (χ0v) is 29.2. The summed E-state index contributed by atoms with van der Waals surface area (Å²) in [5, 5.41) is 0. The highest BCUT2D eigenvalue weighted by Gasteiger charge is 2.31. The number of hydrogen-bond donors (Lipinski definition) is 0. The number of aryl methyl sites for hydroxylation is 2. The highest BCUT2D eigenvalue weighted by molar-refractivity contribution is 5.43. The molecule has 44 heavy (non-hydrogen) atoms. The fourth-order valence-electron chi connectivity index (χ4n) is 9.29. The molecule has 0 atom stereocenters. The first kappa shape index (κ1) is 33.0. The molecule has 5 rings (SSSR count). The number of hydrogen-bond acceptors (Lipinski definition) is 0. The van der Waals surface area contributed by atoms with Gasteiger partial charge in [0.25, 0.3) is 0 Å². The van der Waals surface area contributed by atoms with E-state index >= 15 is 0 Å². The molecule has 2 saturated carbocycles. The van der Waals surface area contributed by atoms with E-state index in [1.54, 1.807) is 16.7 Å². The van der Waals surface area contributed by atoms with Crippen LogP contribution in [0.4, 0.5) is 0 Å². The Kier molecular flexibility index (Phi) is 11.5. The van der Waals surface area contributed by atoms with E-state index in [1.165, 1.54) is 105 Å². The summed E-state index contributed by atoms with van der Waals surface area (Å²) in [6, 6.07) is 24.1. The van der Waals surface area contributed by atoms with Crippen molar-refractivity contribution in [3.8, 4) is 0 Å². The Labute approximate surface area is 271 Å². The molecule has 0 nitrogen and oxygen atoms in total. The van der Waals surface area contributed by atoms with Crippen LogP contribution < -0.4 is 0 Å². The van der Waals surface area contributed by atoms with Crippen molar-refractivity contribution in [2.24, 2.45) is 17.8 Å². The Hall–Kier alpha value is -2.34. The fourth-order valence-corrected chi connectivity index (χ4v) is 9.29. The number of rotatable bonds is 12. The lowest BCUT2D eigenvalue weighted by molar-refractivity contribution is 0.165. The fraction of sp³-hybridized carbons (Fsp3) is 0.591. The second-order valence-electron chi connectivity index (χ2n) is 15.3. The smallest absolute Gasteiger partial charge is 0.00201 e. The lowest BCUT2D eigenvalue weighted by Gasteiger charge is -2.37. The molecular formula is C44H62. The standard InChI is InChI=1S/C44H62/c1-7-26-44(6,27-8-2)43-13-11-10-12-41(43)31-42-29-34(17-16-33(42)5)28-39-24-25-40(30-35(39)9-3)38-22-20-37(21-23-38)36-18-14-32(4)15-19-36/h10-13,16-17,24-25,29-30,32,36-38H,7-9,14-15,18-23,26-28,31H2,1-6H3. The van der Waals surface area contributed by atoms with Gasteiger partial charge in [-0.05, 0) is 151 Å². The summed E-state index contributed by atoms with van der Waals surface area (Å²) in [5.41, 5.74) is 12.4. The van der Waals surface area contributed by atoms with Crippen molar-refractivity contribution >= 4 is 0 Å². The van der Waals surface area contributed by atoms with Crippen LogP contribution in [0.5, 0.6) is 0 Å². The Balaban J connectivity index is 1.28. The van der Waals surface area contributed by atoms with Crippen LogP contribution in [0.25, 0.3) is 0 Å². The van der Waals surface area contributed by atoms with E-state index in [0.717, 1.165) is 42.9 Å². The monoisotopic (exact) mass is 590 g/mol. The molecule has 0 heterocycles. The van der Waals surface area contributed by atoms with Crippen molar-refractivity contribution < 1.29 is 0 Å². The van der Waals surface area contributed by atoms with E-state index in [9.17, 15) is 0 Å². The molecule has 0 saturated heterocycles. The van der Waals surface area contributed by atoms with E-state index in [2.05, 4.69) is 102 Å². The van der Waals surface area contributed by atoms with Gasteiger partial charge in [0.1, 0.15) is 0 Å². The Morgan fingerprint density at radius 2 is 1.30 bits per heavy atom. The summed E-state index contributed by atoms with van der Waals surface area (Å²) in [4.78, 5) is 0. The molecule has 2 aliphatic rings. The topological polar surface area (TPSA) is 0 Å². The van der Waals surface area contributed by atoms with Crippen molar-refractivity contribution in [1.29, 1.82) is 0 Å². The SMILES string of the molecule is CCCC(C)(CCC)c1ccccc1Cc1cc(Cc2ccc(C3CCC(C4CCC(C)CC4)CC3)cc2CC)ccc1C. The van der Waals surface area contributed by atoms with Gasteiger partial charge in [-0.15, -0.1) is 0 Å². The average molecular weight is 591 g/mol. The summed E-state index contributed by atoms with van der Waals surface area (Å²) >= 11 is 0. The maximum Gasteiger partial charge on any atom is -0.00201 e. The second-order valence-corrected chi connectivity index (χ2v) is 15.3. The zero-order valence-electron chi connectivity index (χ0n) is 29.2. The van der Waals surface area contributed by atoms with Gasteiger partial charge >= 0.3 is 0 Å². The normalized spacial score (nSPS) is 22.7. The minimum atomic E-state index is 0.261. The van der Waals surface area contributed by atoms with Gasteiger partial charge in [-0.2, -0.15) is 0 Å². The van der Waals surface area contributed by atoms with Gasteiger partial charge in [-0.25, -0.2) is 0 Å². The first-order valence-corrected chi connectivity index (χ1v) is 18.6. The van der Waals surface area contributed by atoms with Crippen LogP contribution in [0.1, 0.15) is 162 Å². The Bertz CT molecular complexity index is 1320. The Morgan fingerprint density at radius 1 is 0.636 bits per heavy atom. The molecule has 0 aromatic heterocycles. The van der Waals surface area contributed by atoms with Crippen molar-refractivity contribution in [3.63, 3.8) is 0 Å². The Morgan fingerprint density at radius 3 is 1.95 bits per heavy atom. The lowest BCUT2D eigenvalue weighted by atomic mass is 9.68. The van der Waals surface area contributed by atoms with Gasteiger partial charge in [-0.3, -0.25) is 0 Å². The molecule has 0 N–H and O–H groups in total. The number of benzene rings is 3. The average Bonchev–Trinajstić information content (AvgIpc) is 3.04. The second kappa shape index (κ2) is 15.3. The predicted molar refractivity (Wildman–Crippen MR) is 192 cm³/mol. The predicted octanol–water partition coefficient (Wildman–Crippen LogP) is 12.7. The van der Waals surface area contributed by atoms with Crippen molar-refractivity contribution in [2.45, 2.75) is 149 Å². The zero-order chi connectivity index (χ0) is 31.1. The summed E-state index contributed by atoms with van der Waals surface area (Å²) in [6.07, 6.45) is 19.8. The molecule has 0 radical (unpaired) electrons. The summed E-state index contributed by atoms with van der Waals surface area (Å²) in [7, 11) is 0. The van der Waals surface area contributed by atoms with Crippen LogP contribution in [0.2, 0.25) is 0 Å². The molecule has 2 aliphatic carbocycles. The minimum absolute atomic E-state index is 0.261. The molecule has 3 aromatic rings. The van der Waals surface area contributed by atoms with Gasteiger partial charge in [0.05, 0.1) is 0 Å². The molecule has 0 aliphatic heterocycles. The van der Waals surface area contributed by atoms with E-state index < -0.39 is 0 Å². The maximum absolute atomic E-state index is 2.59. The third-order valence-electron chi connectivity index (χ3n) is 12.0. The first-order valence-electron chi connectivity index (χ1n) is 18.6. The third kappa shape index (κ3) is 7.89. The molecule has 3 aromatic carbocycles. The highest BCUT2D eigenvalue weighted by atomic mass is 14.4. The van der Waals surface area contributed by atoms with Crippen LogP contribution in [0, 0.1) is 24.7 Å². The van der Waals surface area contributed by atoms with Gasteiger partial charge in [0, 0.05) is 0 Å². The van der Waals surface area contributed by atoms with Crippen LogP contribution in [0.3, 0.4) is 0 Å². The van der Waals surface area contributed by atoms with Crippen LogP contribution >= 0.6 is 0 Å². The lowest BCUT2D eigenvalue weighted by Crippen LogP contribution is -2.24. The van der Waals surface area contributed by atoms with Gasteiger partial charge in [-0.1, -0.05) is 121 Å². The highest BCUT2D eigenvalue weighted by Crippen LogP contribution is 2.44. The summed E-state index contributed by atoms with van der Waals surface area (Å²) in [6.45, 7) is 14.3. The van der Waals surface area contributed by atoms with Gasteiger partial charge in [0.2, 0.25) is 0 Å². The van der Waals surface area contributed by atoms with E-state index in [-0.39, 0.29) is 5.41 Å². The van der Waals surface area contributed by atoms with Gasteiger partial charge < -0.3 is 0 Å². The minimum Gasteiger partial charge on any atom is -0.0654 e. The molecule has 0 amide bonds. The van der Waals surface area contributed by atoms with Crippen molar-refractivity contribution in [3.05, 3.63) is 105 Å². The molecule has 0 bridgehead atoms. The van der Waals surface area contributed by atoms with E-state index in [4.69, 9.17) is 0 Å². The maximum atomic E-state index is 2.59. The van der Waals surface area contributed by atoms with Crippen molar-refractivity contribution in [2.75, 3.05) is 0 Å². The molecular weight excluding hydrogens is 528 g/mol. The first-order chi connectivity index (χ1) is 21.3. The van der Waals surface area contributed by atoms with Crippen LogP contribution in [0.15, 0.2) is 60.7 Å².